The van der Waals surface area contributed by atoms with E-state index >= 15 is 0 Å². The van der Waals surface area contributed by atoms with Crippen molar-refractivity contribution in [2.75, 3.05) is 0 Å². The standard InChI is InChI=1S/C10H18N4O2/c1-4-7(2)16-6-9-8(10(15)13-11)5-12-14(9)3/h5,7H,4,6,11H2,1-3H3,(H,13,15)/t7-/m0/s1. The van der Waals surface area contributed by atoms with E-state index in [9.17, 15) is 4.79 Å². The summed E-state index contributed by atoms with van der Waals surface area (Å²) in [6, 6.07) is 0. The lowest BCUT2D eigenvalue weighted by atomic mass is 10.2. The van der Waals surface area contributed by atoms with Crippen molar-refractivity contribution in [3.63, 3.8) is 0 Å². The highest BCUT2D eigenvalue weighted by Crippen LogP contribution is 2.10. The summed E-state index contributed by atoms with van der Waals surface area (Å²) >= 11 is 0. The molecular formula is C10H18N4O2. The maximum Gasteiger partial charge on any atom is 0.268 e. The average molecular weight is 226 g/mol. The molecule has 0 aliphatic rings. The number of hydrazine groups is 1. The van der Waals surface area contributed by atoms with Gasteiger partial charge in [0.15, 0.2) is 0 Å². The van der Waals surface area contributed by atoms with Gasteiger partial charge in [0, 0.05) is 7.05 Å². The summed E-state index contributed by atoms with van der Waals surface area (Å²) in [5, 5.41) is 4.01. The molecule has 1 rings (SSSR count). The third-order valence-corrected chi connectivity index (χ3v) is 2.52. The van der Waals surface area contributed by atoms with Crippen molar-refractivity contribution >= 4 is 5.91 Å². The Balaban J connectivity index is 2.77. The van der Waals surface area contributed by atoms with Gasteiger partial charge in [-0.2, -0.15) is 5.10 Å². The van der Waals surface area contributed by atoms with Gasteiger partial charge in [-0.15, -0.1) is 0 Å². The van der Waals surface area contributed by atoms with Crippen LogP contribution < -0.4 is 11.3 Å². The SMILES string of the molecule is CC[C@H](C)OCc1c(C(=O)NN)cnn1C. The normalized spacial score (nSPS) is 12.5. The van der Waals surface area contributed by atoms with Gasteiger partial charge in [0.2, 0.25) is 0 Å². The first-order valence-corrected chi connectivity index (χ1v) is 5.23. The molecule has 0 aromatic carbocycles. The number of carbonyl (C=O) groups is 1. The van der Waals surface area contributed by atoms with Crippen LogP contribution in [0.2, 0.25) is 0 Å². The van der Waals surface area contributed by atoms with E-state index in [4.69, 9.17) is 10.6 Å². The molecular weight excluding hydrogens is 208 g/mol. The molecule has 0 spiro atoms. The van der Waals surface area contributed by atoms with Gasteiger partial charge in [0.1, 0.15) is 0 Å². The quantitative estimate of drug-likeness (QED) is 0.431. The summed E-state index contributed by atoms with van der Waals surface area (Å²) in [5.41, 5.74) is 3.27. The molecule has 1 atom stereocenters. The predicted octanol–water partition coefficient (Wildman–Crippen LogP) is 0.339. The van der Waals surface area contributed by atoms with Crippen LogP contribution in [0, 0.1) is 0 Å². The van der Waals surface area contributed by atoms with Crippen LogP contribution in [0.5, 0.6) is 0 Å². The van der Waals surface area contributed by atoms with Crippen molar-refractivity contribution in [2.45, 2.75) is 33.0 Å². The highest BCUT2D eigenvalue weighted by atomic mass is 16.5. The number of nitrogens with one attached hydrogen (secondary N) is 1. The summed E-state index contributed by atoms with van der Waals surface area (Å²) in [7, 11) is 1.77. The van der Waals surface area contributed by atoms with E-state index in [-0.39, 0.29) is 12.0 Å². The highest BCUT2D eigenvalue weighted by Gasteiger charge is 2.15. The number of hydrogen-bond acceptors (Lipinski definition) is 4. The Morgan fingerprint density at radius 2 is 2.44 bits per heavy atom. The molecule has 0 bridgehead atoms. The number of nitrogens with two attached hydrogens (primary N) is 1. The number of aryl methyl sites for hydroxylation is 1. The van der Waals surface area contributed by atoms with E-state index in [1.54, 1.807) is 11.7 Å². The average Bonchev–Trinajstić information content (AvgIpc) is 2.66. The van der Waals surface area contributed by atoms with Crippen molar-refractivity contribution in [3.05, 3.63) is 17.5 Å². The Hall–Kier alpha value is -1.40. The van der Waals surface area contributed by atoms with Gasteiger partial charge in [-0.1, -0.05) is 6.92 Å². The molecule has 1 heterocycles. The zero-order valence-electron chi connectivity index (χ0n) is 9.86. The van der Waals surface area contributed by atoms with Crippen LogP contribution in [-0.2, 0) is 18.4 Å². The topological polar surface area (TPSA) is 82.2 Å². The molecule has 1 amide bonds. The lowest BCUT2D eigenvalue weighted by Gasteiger charge is -2.11. The van der Waals surface area contributed by atoms with Crippen LogP contribution in [-0.4, -0.2) is 21.8 Å². The van der Waals surface area contributed by atoms with E-state index in [2.05, 4.69) is 10.5 Å². The van der Waals surface area contributed by atoms with Crippen molar-refractivity contribution in [1.29, 1.82) is 0 Å². The molecule has 0 unspecified atom stereocenters. The second kappa shape index (κ2) is 5.62. The molecule has 6 heteroatoms. The summed E-state index contributed by atoms with van der Waals surface area (Å²) in [4.78, 5) is 11.4. The molecule has 0 fully saturated rings. The van der Waals surface area contributed by atoms with E-state index in [1.165, 1.54) is 6.20 Å². The molecule has 0 saturated carbocycles. The number of amides is 1. The summed E-state index contributed by atoms with van der Waals surface area (Å²) < 4.78 is 7.19. The van der Waals surface area contributed by atoms with Crippen LogP contribution in [0.25, 0.3) is 0 Å². The third-order valence-electron chi connectivity index (χ3n) is 2.52. The van der Waals surface area contributed by atoms with Crippen molar-refractivity contribution in [2.24, 2.45) is 12.9 Å². The van der Waals surface area contributed by atoms with Crippen LogP contribution in [0.4, 0.5) is 0 Å². The Labute approximate surface area is 94.7 Å². The number of nitrogen functional groups attached to an aromatic ring is 1. The van der Waals surface area contributed by atoms with Crippen LogP contribution in [0.15, 0.2) is 6.20 Å². The summed E-state index contributed by atoms with van der Waals surface area (Å²) in [6.07, 6.45) is 2.57. The Morgan fingerprint density at radius 3 is 3.00 bits per heavy atom. The summed E-state index contributed by atoms with van der Waals surface area (Å²) in [5.74, 6) is 4.74. The third kappa shape index (κ3) is 2.80. The maximum absolute atomic E-state index is 11.4. The lowest BCUT2D eigenvalue weighted by Crippen LogP contribution is -2.30. The first-order chi connectivity index (χ1) is 7.60. The summed E-state index contributed by atoms with van der Waals surface area (Å²) in [6.45, 7) is 4.38. The number of ether oxygens (including phenoxy) is 1. The zero-order chi connectivity index (χ0) is 12.1. The minimum absolute atomic E-state index is 0.156. The van der Waals surface area contributed by atoms with Gasteiger partial charge in [-0.05, 0) is 13.3 Å². The van der Waals surface area contributed by atoms with Gasteiger partial charge in [0.05, 0.1) is 30.2 Å². The maximum atomic E-state index is 11.4. The van der Waals surface area contributed by atoms with Crippen LogP contribution >= 0.6 is 0 Å². The van der Waals surface area contributed by atoms with Gasteiger partial charge < -0.3 is 4.74 Å². The molecule has 16 heavy (non-hydrogen) atoms. The smallest absolute Gasteiger partial charge is 0.268 e. The fraction of sp³-hybridized carbons (Fsp3) is 0.600. The number of carbonyl (C=O) groups excluding carboxylic acids is 1. The molecule has 3 N–H and O–H groups in total. The second-order valence-electron chi connectivity index (χ2n) is 3.63. The Bertz CT molecular complexity index is 362. The van der Waals surface area contributed by atoms with Gasteiger partial charge in [-0.3, -0.25) is 14.9 Å². The number of hydrogen-bond donors (Lipinski definition) is 2. The minimum Gasteiger partial charge on any atom is -0.372 e. The first-order valence-electron chi connectivity index (χ1n) is 5.23. The largest absolute Gasteiger partial charge is 0.372 e. The predicted molar refractivity (Wildman–Crippen MR) is 59.4 cm³/mol. The van der Waals surface area contributed by atoms with E-state index in [1.807, 2.05) is 13.8 Å². The van der Waals surface area contributed by atoms with E-state index in [0.717, 1.165) is 12.1 Å². The van der Waals surface area contributed by atoms with Crippen molar-refractivity contribution in [3.8, 4) is 0 Å². The number of nitrogens with zero attached hydrogens (tertiary/aromatic N) is 2. The van der Waals surface area contributed by atoms with Crippen LogP contribution in [0.3, 0.4) is 0 Å². The van der Waals surface area contributed by atoms with Gasteiger partial charge in [-0.25, -0.2) is 5.84 Å². The van der Waals surface area contributed by atoms with Gasteiger partial charge >= 0.3 is 0 Å². The molecule has 0 radical (unpaired) electrons. The first kappa shape index (κ1) is 12.7. The molecule has 1 aromatic rings. The van der Waals surface area contributed by atoms with E-state index < -0.39 is 0 Å². The molecule has 6 nitrogen and oxygen atoms in total. The molecule has 1 aromatic heterocycles. The Kier molecular flexibility index (Phi) is 4.45. The second-order valence-corrected chi connectivity index (χ2v) is 3.63. The highest BCUT2D eigenvalue weighted by molar-refractivity contribution is 5.94. The molecule has 90 valence electrons. The van der Waals surface area contributed by atoms with E-state index in [0.29, 0.717) is 12.2 Å². The van der Waals surface area contributed by atoms with Gasteiger partial charge in [0.25, 0.3) is 5.91 Å². The lowest BCUT2D eigenvalue weighted by molar-refractivity contribution is 0.0464. The number of rotatable bonds is 5. The monoisotopic (exact) mass is 226 g/mol. The van der Waals surface area contributed by atoms with Crippen molar-refractivity contribution < 1.29 is 9.53 Å². The fourth-order valence-corrected chi connectivity index (χ4v) is 1.24. The molecule has 0 saturated heterocycles. The fourth-order valence-electron chi connectivity index (χ4n) is 1.24. The Morgan fingerprint density at radius 1 is 1.75 bits per heavy atom. The molecule has 0 aliphatic carbocycles. The minimum atomic E-state index is -0.351. The van der Waals surface area contributed by atoms with Crippen LogP contribution in [0.1, 0.15) is 36.3 Å². The molecule has 0 aliphatic heterocycles. The number of aromatic nitrogens is 2. The zero-order valence-corrected chi connectivity index (χ0v) is 9.86. The van der Waals surface area contributed by atoms with Crippen molar-refractivity contribution in [1.82, 2.24) is 15.2 Å².